The van der Waals surface area contributed by atoms with Crippen LogP contribution in [0.4, 0.5) is 0 Å². The number of rotatable bonds is 4. The van der Waals surface area contributed by atoms with Gasteiger partial charge in [-0.1, -0.05) is 16.8 Å². The molecule has 1 fully saturated rings. The minimum absolute atomic E-state index is 0.101. The van der Waals surface area contributed by atoms with E-state index in [9.17, 15) is 4.79 Å². The second-order valence-electron chi connectivity index (χ2n) is 6.40. The Morgan fingerprint density at radius 2 is 2.08 bits per heavy atom. The SMILES string of the molecule is Cc1noc([C@@H]2CCCN2C(=O)C(C)(C)Oc2ccc(Cl)cc2)n1. The predicted octanol–water partition coefficient (Wildman–Crippen LogP) is 3.55. The molecule has 1 aromatic carbocycles. The van der Waals surface area contributed by atoms with Crippen molar-refractivity contribution >= 4 is 17.5 Å². The number of carbonyl (C=O) groups excluding carboxylic acids is 1. The lowest BCUT2D eigenvalue weighted by Crippen LogP contribution is -2.48. The van der Waals surface area contributed by atoms with Gasteiger partial charge in [0.15, 0.2) is 11.4 Å². The number of hydrogen-bond acceptors (Lipinski definition) is 5. The molecule has 1 atom stereocenters. The summed E-state index contributed by atoms with van der Waals surface area (Å²) in [6.07, 6.45) is 1.71. The summed E-state index contributed by atoms with van der Waals surface area (Å²) in [6.45, 7) is 5.94. The fraction of sp³-hybridized carbons (Fsp3) is 0.471. The van der Waals surface area contributed by atoms with Gasteiger partial charge in [-0.25, -0.2) is 0 Å². The molecule has 6 nitrogen and oxygen atoms in total. The summed E-state index contributed by atoms with van der Waals surface area (Å²) in [4.78, 5) is 19.1. The van der Waals surface area contributed by atoms with Gasteiger partial charge in [-0.3, -0.25) is 4.79 Å². The average Bonchev–Trinajstić information content (AvgIpc) is 3.17. The lowest BCUT2D eigenvalue weighted by Gasteiger charge is -2.32. The van der Waals surface area contributed by atoms with Crippen LogP contribution < -0.4 is 4.74 Å². The second-order valence-corrected chi connectivity index (χ2v) is 6.84. The first kappa shape index (κ1) is 16.8. The van der Waals surface area contributed by atoms with E-state index in [1.54, 1.807) is 49.9 Å². The second kappa shape index (κ2) is 6.43. The molecular weight excluding hydrogens is 330 g/mol. The highest BCUT2D eigenvalue weighted by Crippen LogP contribution is 2.34. The number of likely N-dealkylation sites (tertiary alicyclic amines) is 1. The molecular formula is C17H20ClN3O3. The molecule has 1 amide bonds. The predicted molar refractivity (Wildman–Crippen MR) is 88.9 cm³/mol. The zero-order chi connectivity index (χ0) is 17.3. The van der Waals surface area contributed by atoms with Crippen molar-refractivity contribution in [1.82, 2.24) is 15.0 Å². The molecule has 2 heterocycles. The molecule has 0 unspecified atom stereocenters. The number of ether oxygens (including phenoxy) is 1. The van der Waals surface area contributed by atoms with Crippen molar-refractivity contribution in [3.05, 3.63) is 41.0 Å². The molecule has 0 aliphatic carbocycles. The topological polar surface area (TPSA) is 68.5 Å². The van der Waals surface area contributed by atoms with Crippen molar-refractivity contribution in [2.24, 2.45) is 0 Å². The minimum atomic E-state index is -1.01. The standard InChI is InChI=1S/C17H20ClN3O3/c1-11-19-15(24-20-11)14-5-4-10-21(14)16(22)17(2,3)23-13-8-6-12(18)7-9-13/h6-9,14H,4-5,10H2,1-3H3/t14-/m0/s1. The molecule has 1 aromatic heterocycles. The minimum Gasteiger partial charge on any atom is -0.478 e. The molecule has 128 valence electrons. The highest BCUT2D eigenvalue weighted by Gasteiger charge is 2.41. The summed E-state index contributed by atoms with van der Waals surface area (Å²) in [6, 6.07) is 6.78. The molecule has 0 saturated carbocycles. The van der Waals surface area contributed by atoms with E-state index >= 15 is 0 Å². The van der Waals surface area contributed by atoms with Crippen LogP contribution in [-0.2, 0) is 4.79 Å². The number of carbonyl (C=O) groups is 1. The molecule has 1 saturated heterocycles. The molecule has 0 bridgehead atoms. The Labute approximate surface area is 145 Å². The molecule has 0 N–H and O–H groups in total. The van der Waals surface area contributed by atoms with Crippen molar-refractivity contribution < 1.29 is 14.1 Å². The molecule has 24 heavy (non-hydrogen) atoms. The summed E-state index contributed by atoms with van der Waals surface area (Å²) in [5, 5.41) is 4.45. The third-order valence-electron chi connectivity index (χ3n) is 4.04. The van der Waals surface area contributed by atoms with Gasteiger partial charge in [0.1, 0.15) is 11.8 Å². The monoisotopic (exact) mass is 349 g/mol. The first-order valence-electron chi connectivity index (χ1n) is 7.93. The van der Waals surface area contributed by atoms with E-state index in [-0.39, 0.29) is 11.9 Å². The van der Waals surface area contributed by atoms with Gasteiger partial charge in [0.2, 0.25) is 5.89 Å². The first-order chi connectivity index (χ1) is 11.4. The van der Waals surface area contributed by atoms with E-state index in [1.165, 1.54) is 0 Å². The molecule has 0 spiro atoms. The van der Waals surface area contributed by atoms with E-state index in [2.05, 4.69) is 10.1 Å². The van der Waals surface area contributed by atoms with Crippen LogP contribution in [0.25, 0.3) is 0 Å². The van der Waals surface area contributed by atoms with Gasteiger partial charge >= 0.3 is 0 Å². The third-order valence-corrected chi connectivity index (χ3v) is 4.30. The maximum atomic E-state index is 13.0. The summed E-state index contributed by atoms with van der Waals surface area (Å²) < 4.78 is 11.2. The summed E-state index contributed by atoms with van der Waals surface area (Å²) in [5.74, 6) is 1.56. The lowest BCUT2D eigenvalue weighted by atomic mass is 10.1. The molecule has 3 rings (SSSR count). The van der Waals surface area contributed by atoms with Crippen LogP contribution in [-0.4, -0.2) is 33.1 Å². The Bertz CT molecular complexity index is 727. The van der Waals surface area contributed by atoms with Gasteiger partial charge in [-0.2, -0.15) is 4.98 Å². The van der Waals surface area contributed by atoms with Crippen LogP contribution in [0, 0.1) is 6.92 Å². The number of aryl methyl sites for hydroxylation is 1. The molecule has 2 aromatic rings. The van der Waals surface area contributed by atoms with Gasteiger partial charge in [-0.05, 0) is 57.9 Å². The van der Waals surface area contributed by atoms with Crippen LogP contribution in [0.15, 0.2) is 28.8 Å². The van der Waals surface area contributed by atoms with E-state index in [0.717, 1.165) is 12.8 Å². The Kier molecular flexibility index (Phi) is 4.49. The third kappa shape index (κ3) is 3.38. The van der Waals surface area contributed by atoms with E-state index in [1.807, 2.05) is 0 Å². The van der Waals surface area contributed by atoms with Crippen molar-refractivity contribution in [2.45, 2.75) is 45.3 Å². The normalized spacial score (nSPS) is 18.0. The maximum Gasteiger partial charge on any atom is 0.266 e. The van der Waals surface area contributed by atoms with Crippen LogP contribution in [0.5, 0.6) is 5.75 Å². The number of nitrogens with zero attached hydrogens (tertiary/aromatic N) is 3. The lowest BCUT2D eigenvalue weighted by molar-refractivity contribution is -0.147. The van der Waals surface area contributed by atoms with Gasteiger partial charge < -0.3 is 14.2 Å². The van der Waals surface area contributed by atoms with Crippen LogP contribution >= 0.6 is 11.6 Å². The van der Waals surface area contributed by atoms with Crippen molar-refractivity contribution in [2.75, 3.05) is 6.54 Å². The summed E-state index contributed by atoms with van der Waals surface area (Å²) >= 11 is 5.88. The molecule has 1 aliphatic heterocycles. The zero-order valence-electron chi connectivity index (χ0n) is 14.0. The smallest absolute Gasteiger partial charge is 0.266 e. The van der Waals surface area contributed by atoms with Gasteiger partial charge in [0, 0.05) is 11.6 Å². The number of aromatic nitrogens is 2. The maximum absolute atomic E-state index is 13.0. The number of hydrogen-bond donors (Lipinski definition) is 0. The highest BCUT2D eigenvalue weighted by molar-refractivity contribution is 6.30. The highest BCUT2D eigenvalue weighted by atomic mass is 35.5. The number of amides is 1. The quantitative estimate of drug-likeness (QED) is 0.844. The molecule has 0 radical (unpaired) electrons. The van der Waals surface area contributed by atoms with Crippen LogP contribution in [0.1, 0.15) is 44.4 Å². The van der Waals surface area contributed by atoms with Gasteiger partial charge in [-0.15, -0.1) is 0 Å². The Balaban J connectivity index is 1.77. The van der Waals surface area contributed by atoms with Gasteiger partial charge in [0.25, 0.3) is 5.91 Å². The fourth-order valence-electron chi connectivity index (χ4n) is 2.90. The molecule has 7 heteroatoms. The van der Waals surface area contributed by atoms with Crippen molar-refractivity contribution in [3.8, 4) is 5.75 Å². The van der Waals surface area contributed by atoms with Crippen LogP contribution in [0.3, 0.4) is 0 Å². The van der Waals surface area contributed by atoms with E-state index in [4.69, 9.17) is 20.9 Å². The van der Waals surface area contributed by atoms with Crippen LogP contribution in [0.2, 0.25) is 5.02 Å². The van der Waals surface area contributed by atoms with Crippen molar-refractivity contribution in [3.63, 3.8) is 0 Å². The number of benzene rings is 1. The Morgan fingerprint density at radius 3 is 2.71 bits per heavy atom. The summed E-state index contributed by atoms with van der Waals surface area (Å²) in [5.41, 5.74) is -1.01. The summed E-state index contributed by atoms with van der Waals surface area (Å²) in [7, 11) is 0. The van der Waals surface area contributed by atoms with Gasteiger partial charge in [0.05, 0.1) is 0 Å². The van der Waals surface area contributed by atoms with E-state index < -0.39 is 5.60 Å². The van der Waals surface area contributed by atoms with Crippen molar-refractivity contribution in [1.29, 1.82) is 0 Å². The average molecular weight is 350 g/mol. The van der Waals surface area contributed by atoms with E-state index in [0.29, 0.717) is 29.0 Å². The zero-order valence-corrected chi connectivity index (χ0v) is 14.7. The Morgan fingerprint density at radius 1 is 1.38 bits per heavy atom. The number of halogens is 1. The Hall–Kier alpha value is -2.08. The first-order valence-corrected chi connectivity index (χ1v) is 8.30. The largest absolute Gasteiger partial charge is 0.478 e. The fourth-order valence-corrected chi connectivity index (χ4v) is 3.03. The molecule has 1 aliphatic rings.